The summed E-state index contributed by atoms with van der Waals surface area (Å²) in [5, 5.41) is 0. The molecule has 0 unspecified atom stereocenters. The summed E-state index contributed by atoms with van der Waals surface area (Å²) in [4.78, 5) is 2.95. The van der Waals surface area contributed by atoms with E-state index in [1.54, 1.807) is 0 Å². The van der Waals surface area contributed by atoms with Gasteiger partial charge in [-0.3, -0.25) is 0 Å². The monoisotopic (exact) mass is 306 g/mol. The lowest BCUT2D eigenvalue weighted by molar-refractivity contribution is 0.535. The van der Waals surface area contributed by atoms with Crippen LogP contribution in [0, 0.1) is 18.8 Å². The highest BCUT2D eigenvalue weighted by Gasteiger charge is 2.14. The minimum atomic E-state index is 0.493. The molecule has 0 fully saturated rings. The third kappa shape index (κ3) is 6.04. The summed E-state index contributed by atoms with van der Waals surface area (Å²) in [6.07, 6.45) is 2.37. The van der Waals surface area contributed by atoms with Crippen molar-refractivity contribution in [2.24, 2.45) is 17.6 Å². The second-order valence-corrected chi connectivity index (χ2v) is 7.18. The highest BCUT2D eigenvalue weighted by molar-refractivity contribution is 7.80. The Morgan fingerprint density at radius 2 is 1.62 bits per heavy atom. The third-order valence-electron chi connectivity index (χ3n) is 3.71. The molecule has 21 heavy (non-hydrogen) atoms. The van der Waals surface area contributed by atoms with Crippen LogP contribution in [0.25, 0.3) is 0 Å². The van der Waals surface area contributed by atoms with Crippen LogP contribution in [0.4, 0.5) is 5.69 Å². The Bertz CT molecular complexity index is 454. The maximum absolute atomic E-state index is 5.94. The zero-order valence-corrected chi connectivity index (χ0v) is 15.0. The predicted octanol–water partition coefficient (Wildman–Crippen LogP) is 4.53. The highest BCUT2D eigenvalue weighted by Crippen LogP contribution is 2.24. The van der Waals surface area contributed by atoms with Gasteiger partial charge < -0.3 is 10.6 Å². The molecule has 0 bridgehead atoms. The van der Waals surface area contributed by atoms with E-state index in [0.717, 1.165) is 18.7 Å². The van der Waals surface area contributed by atoms with Crippen LogP contribution < -0.4 is 10.6 Å². The molecule has 0 saturated heterocycles. The first-order valence-electron chi connectivity index (χ1n) is 7.96. The summed E-state index contributed by atoms with van der Waals surface area (Å²) in [7, 11) is 0. The van der Waals surface area contributed by atoms with Crippen LogP contribution in [-0.4, -0.2) is 18.1 Å². The largest absolute Gasteiger partial charge is 0.389 e. The first-order chi connectivity index (χ1) is 9.81. The number of nitrogens with zero attached hydrogens (tertiary/aromatic N) is 1. The zero-order chi connectivity index (χ0) is 16.0. The van der Waals surface area contributed by atoms with Gasteiger partial charge in [0, 0.05) is 24.3 Å². The van der Waals surface area contributed by atoms with Crippen LogP contribution in [-0.2, 0) is 0 Å². The van der Waals surface area contributed by atoms with Gasteiger partial charge in [-0.15, -0.1) is 0 Å². The van der Waals surface area contributed by atoms with E-state index >= 15 is 0 Å². The number of hydrogen-bond donors (Lipinski definition) is 1. The number of nitrogens with two attached hydrogens (primary N) is 1. The minimum Gasteiger partial charge on any atom is -0.389 e. The Balaban J connectivity index is 3.02. The van der Waals surface area contributed by atoms with E-state index < -0.39 is 0 Å². The van der Waals surface area contributed by atoms with E-state index in [-0.39, 0.29) is 0 Å². The van der Waals surface area contributed by atoms with E-state index in [1.807, 2.05) is 0 Å². The van der Waals surface area contributed by atoms with Gasteiger partial charge in [-0.1, -0.05) is 51.5 Å². The molecule has 0 radical (unpaired) electrons. The van der Waals surface area contributed by atoms with E-state index in [9.17, 15) is 0 Å². The Morgan fingerprint density at radius 3 is 2.05 bits per heavy atom. The molecule has 0 spiro atoms. The Hall–Kier alpha value is -1.09. The van der Waals surface area contributed by atoms with Crippen molar-refractivity contribution < 1.29 is 0 Å². The molecule has 0 aliphatic carbocycles. The van der Waals surface area contributed by atoms with Crippen LogP contribution in [0.5, 0.6) is 0 Å². The molecule has 1 aromatic rings. The van der Waals surface area contributed by atoms with Crippen LogP contribution >= 0.6 is 12.2 Å². The molecule has 3 heteroatoms. The summed E-state index contributed by atoms with van der Waals surface area (Å²) < 4.78 is 0. The van der Waals surface area contributed by atoms with E-state index in [0.29, 0.717) is 16.8 Å². The van der Waals surface area contributed by atoms with Gasteiger partial charge in [0.05, 0.1) is 0 Å². The zero-order valence-electron chi connectivity index (χ0n) is 14.1. The van der Waals surface area contributed by atoms with Crippen molar-refractivity contribution in [1.29, 1.82) is 0 Å². The lowest BCUT2D eigenvalue weighted by Crippen LogP contribution is -2.30. The third-order valence-corrected chi connectivity index (χ3v) is 3.93. The Kier molecular flexibility index (Phi) is 7.16. The van der Waals surface area contributed by atoms with Crippen molar-refractivity contribution in [3.05, 3.63) is 29.3 Å². The molecule has 118 valence electrons. The summed E-state index contributed by atoms with van der Waals surface area (Å²) in [5.41, 5.74) is 9.34. The molecule has 0 aromatic heterocycles. The quantitative estimate of drug-likeness (QED) is 0.716. The molecular weight excluding hydrogens is 276 g/mol. The fourth-order valence-corrected chi connectivity index (χ4v) is 2.47. The number of hydrogen-bond acceptors (Lipinski definition) is 2. The van der Waals surface area contributed by atoms with E-state index in [1.165, 1.54) is 24.1 Å². The maximum Gasteiger partial charge on any atom is 0.106 e. The maximum atomic E-state index is 5.94. The molecular formula is C18H30N2S. The summed E-state index contributed by atoms with van der Waals surface area (Å²) in [6.45, 7) is 13.3. The number of thiocarbonyl (C=S) groups is 1. The van der Waals surface area contributed by atoms with Crippen LogP contribution in [0.15, 0.2) is 18.2 Å². The standard InChI is InChI=1S/C18H30N2S/c1-13(2)8-10-20(11-9-14(3)4)17-7-6-15(5)12-16(17)18(19)21/h6-7,12-14H,8-11H2,1-5H3,(H2,19,21). The molecule has 0 heterocycles. The lowest BCUT2D eigenvalue weighted by atomic mass is 10.0. The fourth-order valence-electron chi connectivity index (χ4n) is 2.30. The molecule has 0 saturated carbocycles. The van der Waals surface area contributed by atoms with Crippen LogP contribution in [0.3, 0.4) is 0 Å². The Labute approximate surface area is 135 Å². The van der Waals surface area contributed by atoms with Gasteiger partial charge in [-0.2, -0.15) is 0 Å². The van der Waals surface area contributed by atoms with Gasteiger partial charge in [0.15, 0.2) is 0 Å². The Morgan fingerprint density at radius 1 is 1.10 bits per heavy atom. The first-order valence-corrected chi connectivity index (χ1v) is 8.37. The van der Waals surface area contributed by atoms with Crippen molar-refractivity contribution in [1.82, 2.24) is 0 Å². The minimum absolute atomic E-state index is 0.493. The molecule has 0 aliphatic heterocycles. The van der Waals surface area contributed by atoms with Gasteiger partial charge in [-0.05, 0) is 43.7 Å². The molecule has 0 aliphatic rings. The van der Waals surface area contributed by atoms with Crippen molar-refractivity contribution in [3.63, 3.8) is 0 Å². The summed E-state index contributed by atoms with van der Waals surface area (Å²) >= 11 is 5.25. The van der Waals surface area contributed by atoms with Gasteiger partial charge in [-0.25, -0.2) is 0 Å². The highest BCUT2D eigenvalue weighted by atomic mass is 32.1. The number of anilines is 1. The summed E-state index contributed by atoms with van der Waals surface area (Å²) in [6, 6.07) is 6.43. The van der Waals surface area contributed by atoms with E-state index in [2.05, 4.69) is 57.7 Å². The van der Waals surface area contributed by atoms with Crippen molar-refractivity contribution in [2.75, 3.05) is 18.0 Å². The van der Waals surface area contributed by atoms with Gasteiger partial charge in [0.1, 0.15) is 4.99 Å². The van der Waals surface area contributed by atoms with E-state index in [4.69, 9.17) is 18.0 Å². The normalized spacial score (nSPS) is 11.2. The molecule has 0 atom stereocenters. The van der Waals surface area contributed by atoms with Crippen molar-refractivity contribution >= 4 is 22.9 Å². The molecule has 1 aromatic carbocycles. The number of rotatable bonds is 8. The molecule has 2 nitrogen and oxygen atoms in total. The first kappa shape index (κ1) is 18.0. The average molecular weight is 307 g/mol. The summed E-state index contributed by atoms with van der Waals surface area (Å²) in [5.74, 6) is 1.40. The van der Waals surface area contributed by atoms with Gasteiger partial charge in [0.25, 0.3) is 0 Å². The molecule has 0 amide bonds. The second kappa shape index (κ2) is 8.38. The van der Waals surface area contributed by atoms with Crippen LogP contribution in [0.2, 0.25) is 0 Å². The SMILES string of the molecule is Cc1ccc(N(CCC(C)C)CCC(C)C)c(C(N)=S)c1. The average Bonchev–Trinajstić information content (AvgIpc) is 2.38. The smallest absolute Gasteiger partial charge is 0.106 e. The van der Waals surface area contributed by atoms with Crippen LogP contribution in [0.1, 0.15) is 51.7 Å². The van der Waals surface area contributed by atoms with Crippen molar-refractivity contribution in [2.45, 2.75) is 47.5 Å². The topological polar surface area (TPSA) is 29.3 Å². The molecule has 2 N–H and O–H groups in total. The fraction of sp³-hybridized carbons (Fsp3) is 0.611. The second-order valence-electron chi connectivity index (χ2n) is 6.74. The van der Waals surface area contributed by atoms with Gasteiger partial charge in [0.2, 0.25) is 0 Å². The number of aryl methyl sites for hydroxylation is 1. The lowest BCUT2D eigenvalue weighted by Gasteiger charge is -2.28. The predicted molar refractivity (Wildman–Crippen MR) is 98.2 cm³/mol. The van der Waals surface area contributed by atoms with Crippen molar-refractivity contribution in [3.8, 4) is 0 Å². The number of benzene rings is 1. The van der Waals surface area contributed by atoms with Gasteiger partial charge >= 0.3 is 0 Å². The molecule has 1 rings (SSSR count).